The van der Waals surface area contributed by atoms with Crippen LogP contribution in [0.25, 0.3) is 6.08 Å². The van der Waals surface area contributed by atoms with E-state index in [1.807, 2.05) is 38.1 Å². The summed E-state index contributed by atoms with van der Waals surface area (Å²) in [4.78, 5) is 31.8. The zero-order valence-corrected chi connectivity index (χ0v) is 30.3. The molecule has 45 heavy (non-hydrogen) atoms. The number of methoxy groups -OCH3 is 1. The van der Waals surface area contributed by atoms with Crippen molar-refractivity contribution < 1.29 is 23.7 Å². The molecule has 0 unspecified atom stereocenters. The summed E-state index contributed by atoms with van der Waals surface area (Å²) in [6, 6.07) is 13.7. The zero-order valence-electron chi connectivity index (χ0n) is 24.2. The molecular formula is C32H26BrCl2IN2O6S. The summed E-state index contributed by atoms with van der Waals surface area (Å²) < 4.78 is 26.2. The molecule has 1 aliphatic heterocycles. The van der Waals surface area contributed by atoms with Gasteiger partial charge in [0.25, 0.3) is 5.56 Å². The molecule has 1 atom stereocenters. The van der Waals surface area contributed by atoms with Crippen LogP contribution in [-0.2, 0) is 16.1 Å². The Bertz CT molecular complexity index is 1970. The van der Waals surface area contributed by atoms with E-state index in [0.29, 0.717) is 62.0 Å². The fraction of sp³-hybridized carbons (Fsp3) is 0.219. The highest BCUT2D eigenvalue weighted by Gasteiger charge is 2.31. The fourth-order valence-electron chi connectivity index (χ4n) is 4.72. The minimum atomic E-state index is -0.783. The number of rotatable bonds is 10. The Morgan fingerprint density at radius 3 is 2.49 bits per heavy atom. The van der Waals surface area contributed by atoms with Crippen LogP contribution in [-0.4, -0.2) is 30.9 Å². The van der Waals surface area contributed by atoms with E-state index < -0.39 is 12.0 Å². The highest BCUT2D eigenvalue weighted by atomic mass is 127. The number of esters is 1. The topological polar surface area (TPSA) is 88.4 Å². The van der Waals surface area contributed by atoms with Crippen LogP contribution in [0.4, 0.5) is 0 Å². The van der Waals surface area contributed by atoms with Gasteiger partial charge in [-0.1, -0.05) is 46.7 Å². The molecule has 8 nitrogen and oxygen atoms in total. The third kappa shape index (κ3) is 7.27. The van der Waals surface area contributed by atoms with Gasteiger partial charge in [-0.15, -0.1) is 0 Å². The van der Waals surface area contributed by atoms with Crippen molar-refractivity contribution in [1.82, 2.24) is 4.57 Å². The van der Waals surface area contributed by atoms with E-state index in [4.69, 9.17) is 42.1 Å². The molecule has 0 aliphatic carbocycles. The van der Waals surface area contributed by atoms with Crippen molar-refractivity contribution in [1.29, 1.82) is 0 Å². The van der Waals surface area contributed by atoms with E-state index in [-0.39, 0.29) is 11.1 Å². The molecule has 13 heteroatoms. The van der Waals surface area contributed by atoms with Gasteiger partial charge in [0.1, 0.15) is 12.4 Å². The number of benzene rings is 3. The molecule has 1 aliphatic rings. The van der Waals surface area contributed by atoms with Crippen molar-refractivity contribution >= 4 is 85.1 Å². The van der Waals surface area contributed by atoms with E-state index in [0.717, 1.165) is 19.2 Å². The SMILES string of the molecule is CCOc1ccc([C@H]2C(C(=O)OC)=CN=c3s/c(=C\c4cc(Br)c(OCc5ccc(Cl)c(Cl)c5)c(I)c4)c(=O)n32)cc1OCC. The quantitative estimate of drug-likeness (QED) is 0.126. The summed E-state index contributed by atoms with van der Waals surface area (Å²) in [5.41, 5.74) is 2.24. The van der Waals surface area contributed by atoms with E-state index in [2.05, 4.69) is 43.5 Å². The Kier molecular flexibility index (Phi) is 11.0. The van der Waals surface area contributed by atoms with Crippen LogP contribution in [0, 0.1) is 3.57 Å². The van der Waals surface area contributed by atoms with Gasteiger partial charge in [0.2, 0.25) is 0 Å². The van der Waals surface area contributed by atoms with E-state index in [1.165, 1.54) is 29.2 Å². The molecule has 0 spiro atoms. The van der Waals surface area contributed by atoms with Crippen molar-refractivity contribution in [3.05, 3.63) is 115 Å². The van der Waals surface area contributed by atoms with Crippen LogP contribution in [0.5, 0.6) is 17.2 Å². The lowest BCUT2D eigenvalue weighted by Crippen LogP contribution is -2.39. The fourth-order valence-corrected chi connectivity index (χ4v) is 7.78. The zero-order chi connectivity index (χ0) is 32.2. The number of thiazole rings is 1. The highest BCUT2D eigenvalue weighted by Crippen LogP contribution is 2.36. The molecule has 0 radical (unpaired) electrons. The largest absolute Gasteiger partial charge is 0.490 e. The van der Waals surface area contributed by atoms with Crippen molar-refractivity contribution in [2.75, 3.05) is 20.3 Å². The van der Waals surface area contributed by atoms with Gasteiger partial charge in [-0.25, -0.2) is 9.79 Å². The van der Waals surface area contributed by atoms with E-state index in [9.17, 15) is 9.59 Å². The molecule has 0 fully saturated rings. The van der Waals surface area contributed by atoms with Crippen LogP contribution in [0.1, 0.15) is 36.6 Å². The minimum Gasteiger partial charge on any atom is -0.490 e. The normalized spacial score (nSPS) is 14.3. The molecule has 0 N–H and O–H groups in total. The second-order valence-electron chi connectivity index (χ2n) is 9.60. The second kappa shape index (κ2) is 14.7. The van der Waals surface area contributed by atoms with Gasteiger partial charge >= 0.3 is 5.97 Å². The Labute approximate surface area is 295 Å². The maximum atomic E-state index is 14.0. The van der Waals surface area contributed by atoms with Gasteiger partial charge in [0.15, 0.2) is 16.3 Å². The molecule has 0 bridgehead atoms. The van der Waals surface area contributed by atoms with Gasteiger partial charge in [0.05, 0.1) is 54.6 Å². The molecule has 3 aromatic carbocycles. The Balaban J connectivity index is 1.53. The second-order valence-corrected chi connectivity index (χ2v) is 13.4. The molecule has 2 heterocycles. The minimum absolute atomic E-state index is 0.226. The first-order valence-corrected chi connectivity index (χ1v) is 17.1. The van der Waals surface area contributed by atoms with Crippen LogP contribution in [0.3, 0.4) is 0 Å². The smallest absolute Gasteiger partial charge is 0.337 e. The number of carbonyl (C=O) groups excluding carboxylic acids is 1. The van der Waals surface area contributed by atoms with Gasteiger partial charge in [0, 0.05) is 6.20 Å². The van der Waals surface area contributed by atoms with Gasteiger partial charge in [-0.05, 0) is 112 Å². The number of carbonyl (C=O) groups is 1. The van der Waals surface area contributed by atoms with Gasteiger partial charge in [-0.2, -0.15) is 0 Å². The number of ether oxygens (including phenoxy) is 4. The monoisotopic (exact) mass is 842 g/mol. The van der Waals surface area contributed by atoms with Crippen LogP contribution in [0.2, 0.25) is 10.0 Å². The summed E-state index contributed by atoms with van der Waals surface area (Å²) >= 11 is 19.2. The highest BCUT2D eigenvalue weighted by molar-refractivity contribution is 14.1. The maximum Gasteiger partial charge on any atom is 0.337 e. The Hall–Kier alpha value is -2.84. The third-order valence-electron chi connectivity index (χ3n) is 6.69. The summed E-state index contributed by atoms with van der Waals surface area (Å²) in [6.07, 6.45) is 3.25. The number of fused-ring (bicyclic) bond motifs is 1. The predicted molar refractivity (Wildman–Crippen MR) is 188 cm³/mol. The molecule has 234 valence electrons. The molecule has 0 saturated heterocycles. The molecule has 5 rings (SSSR count). The maximum absolute atomic E-state index is 14.0. The summed E-state index contributed by atoms with van der Waals surface area (Å²) in [6.45, 7) is 4.93. The van der Waals surface area contributed by atoms with Crippen LogP contribution >= 0.6 is 73.1 Å². The summed E-state index contributed by atoms with van der Waals surface area (Å²) in [5.74, 6) is 1.16. The predicted octanol–water partition coefficient (Wildman–Crippen LogP) is 7.07. The van der Waals surface area contributed by atoms with Crippen molar-refractivity contribution in [3.8, 4) is 17.2 Å². The van der Waals surface area contributed by atoms with E-state index >= 15 is 0 Å². The lowest BCUT2D eigenvalue weighted by molar-refractivity contribution is -0.136. The number of nitrogens with zero attached hydrogens (tertiary/aromatic N) is 2. The summed E-state index contributed by atoms with van der Waals surface area (Å²) in [7, 11) is 1.30. The lowest BCUT2D eigenvalue weighted by atomic mass is 9.97. The molecule has 4 aromatic rings. The Morgan fingerprint density at radius 2 is 1.80 bits per heavy atom. The number of aromatic nitrogens is 1. The molecule has 1 aromatic heterocycles. The standard InChI is InChI=1S/C32H26BrCl2IN2O6S/c1-4-42-25-9-7-19(14-26(25)43-5-2)28-20(31(40)41-3)15-37-32-38(28)30(39)27(45-32)13-18-10-21(33)29(24(36)12-18)44-16-17-6-8-22(34)23(35)11-17/h6-15,28H,4-5,16H2,1-3H3/b27-13-/t28-/m0/s1. The molecule has 0 amide bonds. The van der Waals surface area contributed by atoms with Crippen LogP contribution in [0.15, 0.2) is 74.6 Å². The van der Waals surface area contributed by atoms with Crippen LogP contribution < -0.4 is 29.1 Å². The lowest BCUT2D eigenvalue weighted by Gasteiger charge is -2.23. The number of halogens is 4. The first-order valence-electron chi connectivity index (χ1n) is 13.7. The third-order valence-corrected chi connectivity index (χ3v) is 9.82. The first-order chi connectivity index (χ1) is 21.6. The molecular weight excluding hydrogens is 818 g/mol. The average Bonchev–Trinajstić information content (AvgIpc) is 3.33. The number of hydrogen-bond acceptors (Lipinski definition) is 8. The Morgan fingerprint density at radius 1 is 1.04 bits per heavy atom. The van der Waals surface area contributed by atoms with E-state index in [1.54, 1.807) is 30.3 Å². The van der Waals surface area contributed by atoms with Crippen molar-refractivity contribution in [2.24, 2.45) is 4.99 Å². The summed E-state index contributed by atoms with van der Waals surface area (Å²) in [5, 5.41) is 0.940. The van der Waals surface area contributed by atoms with Gasteiger partial charge < -0.3 is 18.9 Å². The van der Waals surface area contributed by atoms with Crippen molar-refractivity contribution in [3.63, 3.8) is 0 Å². The van der Waals surface area contributed by atoms with Crippen molar-refractivity contribution in [2.45, 2.75) is 26.5 Å². The van der Waals surface area contributed by atoms with Gasteiger partial charge in [-0.3, -0.25) is 9.36 Å². The number of hydrogen-bond donors (Lipinski definition) is 0. The first kappa shape index (κ1) is 33.5. The molecule has 0 saturated carbocycles. The average molecular weight is 844 g/mol.